The molecular weight excluding hydrogens is 316 g/mol. The quantitative estimate of drug-likeness (QED) is 0.772. The van der Waals surface area contributed by atoms with Crippen LogP contribution in [-0.2, 0) is 0 Å². The molecule has 2 N–H and O–H groups in total. The van der Waals surface area contributed by atoms with Gasteiger partial charge in [-0.05, 0) is 46.1 Å². The molecule has 1 aromatic heterocycles. The molecule has 1 heterocycles. The van der Waals surface area contributed by atoms with Crippen molar-refractivity contribution in [3.8, 4) is 5.75 Å². The maximum absolute atomic E-state index is 12.2. The Bertz CT molecular complexity index is 701. The molecule has 0 radical (unpaired) electrons. The highest BCUT2D eigenvalue weighted by atomic mass is 16.5. The number of para-hydroxylation sites is 2. The molecule has 0 atom stereocenters. The van der Waals surface area contributed by atoms with E-state index < -0.39 is 0 Å². The van der Waals surface area contributed by atoms with E-state index >= 15 is 0 Å². The van der Waals surface area contributed by atoms with Crippen LogP contribution < -0.4 is 15.4 Å². The van der Waals surface area contributed by atoms with Crippen molar-refractivity contribution in [1.29, 1.82) is 0 Å². The number of carbonyl (C=O) groups is 1. The number of nitrogens with zero attached hydrogens (tertiary/aromatic N) is 2. The van der Waals surface area contributed by atoms with Crippen LogP contribution in [0, 0.1) is 0 Å². The zero-order valence-corrected chi connectivity index (χ0v) is 15.2. The van der Waals surface area contributed by atoms with E-state index in [0.717, 1.165) is 23.7 Å². The fourth-order valence-electron chi connectivity index (χ4n) is 2.21. The number of likely N-dealkylation sites (N-methyl/N-ethyl adjacent to an activating group) is 1. The van der Waals surface area contributed by atoms with Crippen molar-refractivity contribution in [2.75, 3.05) is 32.5 Å². The number of nitrogens with one attached hydrogen (secondary N) is 2. The minimum absolute atomic E-state index is 0.0786. The van der Waals surface area contributed by atoms with Crippen LogP contribution in [0.4, 0.5) is 11.4 Å². The average molecular weight is 342 g/mol. The molecular formula is C19H26N4O2. The van der Waals surface area contributed by atoms with Crippen LogP contribution >= 0.6 is 0 Å². The van der Waals surface area contributed by atoms with Gasteiger partial charge in [-0.15, -0.1) is 0 Å². The van der Waals surface area contributed by atoms with Gasteiger partial charge in [0.25, 0.3) is 5.91 Å². The van der Waals surface area contributed by atoms with Crippen molar-refractivity contribution in [2.24, 2.45) is 0 Å². The van der Waals surface area contributed by atoms with Gasteiger partial charge >= 0.3 is 0 Å². The molecule has 2 rings (SSSR count). The van der Waals surface area contributed by atoms with Gasteiger partial charge in [0.1, 0.15) is 5.75 Å². The molecule has 0 aliphatic carbocycles. The van der Waals surface area contributed by atoms with E-state index in [0.29, 0.717) is 12.1 Å². The van der Waals surface area contributed by atoms with E-state index in [9.17, 15) is 4.79 Å². The highest BCUT2D eigenvalue weighted by Crippen LogP contribution is 2.28. The van der Waals surface area contributed by atoms with Crippen LogP contribution in [0.1, 0.15) is 24.2 Å². The Morgan fingerprint density at radius 3 is 2.72 bits per heavy atom. The number of amides is 1. The number of carbonyl (C=O) groups excluding carboxylic acids is 1. The Kier molecular flexibility index (Phi) is 6.77. The molecule has 6 nitrogen and oxygen atoms in total. The lowest BCUT2D eigenvalue weighted by molar-refractivity contribution is 0.0950. The van der Waals surface area contributed by atoms with E-state index in [1.807, 2.05) is 57.1 Å². The molecule has 2 aromatic rings. The fourth-order valence-corrected chi connectivity index (χ4v) is 2.21. The molecule has 1 aromatic carbocycles. The van der Waals surface area contributed by atoms with E-state index in [-0.39, 0.29) is 12.0 Å². The first-order valence-corrected chi connectivity index (χ1v) is 8.36. The second kappa shape index (κ2) is 9.03. The average Bonchev–Trinajstić information content (AvgIpc) is 2.56. The van der Waals surface area contributed by atoms with Gasteiger partial charge in [-0.2, -0.15) is 0 Å². The van der Waals surface area contributed by atoms with E-state index in [1.54, 1.807) is 18.5 Å². The van der Waals surface area contributed by atoms with Crippen molar-refractivity contribution in [2.45, 2.75) is 20.0 Å². The van der Waals surface area contributed by atoms with Gasteiger partial charge in [0.15, 0.2) is 0 Å². The molecule has 134 valence electrons. The summed E-state index contributed by atoms with van der Waals surface area (Å²) in [5.41, 5.74) is 2.09. The van der Waals surface area contributed by atoms with E-state index in [1.165, 1.54) is 0 Å². The first kappa shape index (κ1) is 18.7. The maximum Gasteiger partial charge on any atom is 0.252 e. The van der Waals surface area contributed by atoms with Crippen molar-refractivity contribution in [3.63, 3.8) is 0 Å². The molecule has 0 fully saturated rings. The lowest BCUT2D eigenvalue weighted by Gasteiger charge is -2.15. The monoisotopic (exact) mass is 342 g/mol. The van der Waals surface area contributed by atoms with Crippen LogP contribution in [0.3, 0.4) is 0 Å². The van der Waals surface area contributed by atoms with Gasteiger partial charge in [-0.3, -0.25) is 9.78 Å². The molecule has 0 spiro atoms. The Morgan fingerprint density at radius 2 is 2.00 bits per heavy atom. The number of hydrogen-bond acceptors (Lipinski definition) is 5. The van der Waals surface area contributed by atoms with Gasteiger partial charge < -0.3 is 20.3 Å². The molecule has 0 saturated carbocycles. The third-order valence-corrected chi connectivity index (χ3v) is 3.37. The highest BCUT2D eigenvalue weighted by Gasteiger charge is 2.09. The summed E-state index contributed by atoms with van der Waals surface area (Å²) in [7, 11) is 3.93. The zero-order valence-electron chi connectivity index (χ0n) is 15.2. The molecule has 0 aliphatic rings. The summed E-state index contributed by atoms with van der Waals surface area (Å²) in [5.74, 6) is 0.628. The summed E-state index contributed by atoms with van der Waals surface area (Å²) in [6.07, 6.45) is 3.32. The third-order valence-electron chi connectivity index (χ3n) is 3.37. The number of hydrogen-bond donors (Lipinski definition) is 2. The van der Waals surface area contributed by atoms with Crippen molar-refractivity contribution >= 4 is 17.3 Å². The van der Waals surface area contributed by atoms with Crippen LogP contribution in [-0.4, -0.2) is 49.1 Å². The van der Waals surface area contributed by atoms with Crippen molar-refractivity contribution in [1.82, 2.24) is 15.2 Å². The van der Waals surface area contributed by atoms with Gasteiger partial charge in [0.2, 0.25) is 0 Å². The number of aromatic nitrogens is 1. The Morgan fingerprint density at radius 1 is 1.24 bits per heavy atom. The SMILES string of the molecule is CC(C)Oc1ccccc1Nc1cncc(C(=O)NCCN(C)C)c1. The standard InChI is InChI=1S/C19H26N4O2/c1-14(2)25-18-8-6-5-7-17(18)22-16-11-15(12-20-13-16)19(24)21-9-10-23(3)4/h5-8,11-14,22H,9-10H2,1-4H3,(H,21,24). The second-order valence-corrected chi connectivity index (χ2v) is 6.31. The predicted octanol–water partition coefficient (Wildman–Crippen LogP) is 2.90. The summed E-state index contributed by atoms with van der Waals surface area (Å²) in [5, 5.41) is 6.16. The Balaban J connectivity index is 2.08. The zero-order chi connectivity index (χ0) is 18.2. The van der Waals surface area contributed by atoms with Gasteiger partial charge in [-0.1, -0.05) is 12.1 Å². The van der Waals surface area contributed by atoms with Crippen molar-refractivity contribution < 1.29 is 9.53 Å². The summed E-state index contributed by atoms with van der Waals surface area (Å²) in [6, 6.07) is 9.48. The van der Waals surface area contributed by atoms with Crippen molar-refractivity contribution in [3.05, 3.63) is 48.3 Å². The first-order valence-electron chi connectivity index (χ1n) is 8.36. The van der Waals surface area contributed by atoms with Crippen LogP contribution in [0.25, 0.3) is 0 Å². The van der Waals surface area contributed by atoms with E-state index in [2.05, 4.69) is 15.6 Å². The topological polar surface area (TPSA) is 66.5 Å². The summed E-state index contributed by atoms with van der Waals surface area (Å²) < 4.78 is 5.80. The maximum atomic E-state index is 12.2. The molecule has 0 unspecified atom stereocenters. The Labute approximate surface area is 149 Å². The largest absolute Gasteiger partial charge is 0.489 e. The molecule has 1 amide bonds. The van der Waals surface area contributed by atoms with Gasteiger partial charge in [-0.25, -0.2) is 0 Å². The number of anilines is 2. The summed E-state index contributed by atoms with van der Waals surface area (Å²) >= 11 is 0. The van der Waals surface area contributed by atoms with Gasteiger partial charge in [0.05, 0.1) is 29.2 Å². The van der Waals surface area contributed by atoms with Crippen LogP contribution in [0.5, 0.6) is 5.75 Å². The lowest BCUT2D eigenvalue weighted by Crippen LogP contribution is -2.31. The molecule has 25 heavy (non-hydrogen) atoms. The van der Waals surface area contributed by atoms with Gasteiger partial charge in [0, 0.05) is 19.3 Å². The van der Waals surface area contributed by atoms with Crippen LogP contribution in [0.15, 0.2) is 42.7 Å². The molecule has 0 saturated heterocycles. The smallest absolute Gasteiger partial charge is 0.252 e. The summed E-state index contributed by atoms with van der Waals surface area (Å²) in [4.78, 5) is 18.4. The fraction of sp³-hybridized carbons (Fsp3) is 0.368. The minimum atomic E-state index is -0.135. The predicted molar refractivity (Wildman–Crippen MR) is 101 cm³/mol. The first-order chi connectivity index (χ1) is 12.0. The number of pyridine rings is 1. The summed E-state index contributed by atoms with van der Waals surface area (Å²) in [6.45, 7) is 5.35. The Hall–Kier alpha value is -2.60. The second-order valence-electron chi connectivity index (χ2n) is 6.31. The molecule has 0 aliphatic heterocycles. The number of benzene rings is 1. The van der Waals surface area contributed by atoms with E-state index in [4.69, 9.17) is 4.74 Å². The molecule has 0 bridgehead atoms. The number of rotatable bonds is 8. The normalized spacial score (nSPS) is 10.8. The highest BCUT2D eigenvalue weighted by molar-refractivity contribution is 5.94. The number of ether oxygens (including phenoxy) is 1. The third kappa shape index (κ3) is 6.08. The molecule has 6 heteroatoms. The van der Waals surface area contributed by atoms with Crippen LogP contribution in [0.2, 0.25) is 0 Å². The minimum Gasteiger partial charge on any atom is -0.489 e. The lowest BCUT2D eigenvalue weighted by atomic mass is 10.2.